The topological polar surface area (TPSA) is 49.8 Å². The smallest absolute Gasteiger partial charge is 0.150 e. The van der Waals surface area contributed by atoms with Crippen molar-refractivity contribution in [3.05, 3.63) is 29.3 Å². The molecule has 0 aromatic heterocycles. The maximum Gasteiger partial charge on any atom is 0.150 e. The van der Waals surface area contributed by atoms with Crippen molar-refractivity contribution in [3.8, 4) is 0 Å². The lowest BCUT2D eigenvalue weighted by Gasteiger charge is -2.23. The van der Waals surface area contributed by atoms with Crippen molar-refractivity contribution >= 4 is 12.0 Å². The molecule has 0 aliphatic rings. The van der Waals surface area contributed by atoms with Crippen LogP contribution in [0.4, 0.5) is 14.5 Å². The lowest BCUT2D eigenvalue weighted by molar-refractivity contribution is 0.0693. The van der Waals surface area contributed by atoms with E-state index in [4.69, 9.17) is 4.74 Å². The standard InChI is InChI=1S/C12H15F2NO3/c1-15(5-9(17)7-18-2)12-10(13)3-8(6-16)4-11(12)14/h3-4,6,9,17H,5,7H2,1-2H3. The molecule has 100 valence electrons. The van der Waals surface area contributed by atoms with Crippen molar-refractivity contribution < 1.29 is 23.4 Å². The third-order valence-corrected chi connectivity index (χ3v) is 2.40. The maximum atomic E-state index is 13.6. The Bertz CT molecular complexity index is 403. The number of methoxy groups -OCH3 is 1. The molecule has 1 aromatic carbocycles. The molecule has 0 aliphatic carbocycles. The third kappa shape index (κ3) is 3.48. The van der Waals surface area contributed by atoms with Crippen molar-refractivity contribution in [2.24, 2.45) is 0 Å². The first kappa shape index (κ1) is 14.5. The molecule has 6 heteroatoms. The number of carbonyl (C=O) groups is 1. The fourth-order valence-electron chi connectivity index (χ4n) is 1.67. The molecule has 1 unspecified atom stereocenters. The Hall–Kier alpha value is -1.53. The first-order chi connectivity index (χ1) is 8.49. The van der Waals surface area contributed by atoms with Gasteiger partial charge in [-0.1, -0.05) is 0 Å². The molecule has 0 radical (unpaired) electrons. The van der Waals surface area contributed by atoms with Gasteiger partial charge < -0.3 is 14.7 Å². The zero-order valence-electron chi connectivity index (χ0n) is 10.2. The number of aldehydes is 1. The summed E-state index contributed by atoms with van der Waals surface area (Å²) in [6, 6.07) is 1.90. The number of carbonyl (C=O) groups excluding carboxylic acids is 1. The van der Waals surface area contributed by atoms with Crippen LogP contribution in [0.2, 0.25) is 0 Å². The summed E-state index contributed by atoms with van der Waals surface area (Å²) in [5, 5.41) is 9.50. The molecule has 0 saturated carbocycles. The van der Waals surface area contributed by atoms with Crippen LogP contribution in [0, 0.1) is 11.6 Å². The number of ether oxygens (including phenoxy) is 1. The van der Waals surface area contributed by atoms with E-state index in [2.05, 4.69) is 0 Å². The number of halogens is 2. The number of aliphatic hydroxyl groups is 1. The predicted octanol–water partition coefficient (Wildman–Crippen LogP) is 1.22. The van der Waals surface area contributed by atoms with Crippen LogP contribution < -0.4 is 4.90 Å². The molecule has 1 aromatic rings. The minimum absolute atomic E-state index is 0.0160. The Morgan fingerprint density at radius 1 is 1.44 bits per heavy atom. The summed E-state index contributed by atoms with van der Waals surface area (Å²) >= 11 is 0. The second-order valence-electron chi connectivity index (χ2n) is 3.94. The summed E-state index contributed by atoms with van der Waals surface area (Å²) < 4.78 is 32.0. The van der Waals surface area contributed by atoms with Gasteiger partial charge in [0, 0.05) is 26.3 Å². The van der Waals surface area contributed by atoms with E-state index in [-0.39, 0.29) is 24.4 Å². The summed E-state index contributed by atoms with van der Waals surface area (Å²) in [6.07, 6.45) is -0.486. The predicted molar refractivity (Wildman–Crippen MR) is 62.9 cm³/mol. The molecule has 0 aliphatic heterocycles. The van der Waals surface area contributed by atoms with Crippen LogP contribution in [0.5, 0.6) is 0 Å². The van der Waals surface area contributed by atoms with Crippen LogP contribution in [0.25, 0.3) is 0 Å². The van der Waals surface area contributed by atoms with Gasteiger partial charge in [-0.05, 0) is 12.1 Å². The van der Waals surface area contributed by atoms with Crippen LogP contribution in [-0.4, -0.2) is 44.8 Å². The fourth-order valence-corrected chi connectivity index (χ4v) is 1.67. The highest BCUT2D eigenvalue weighted by Gasteiger charge is 2.17. The van der Waals surface area contributed by atoms with E-state index in [9.17, 15) is 18.7 Å². The number of likely N-dealkylation sites (N-methyl/N-ethyl adjacent to an activating group) is 1. The summed E-state index contributed by atoms with van der Waals surface area (Å²) in [7, 11) is 2.87. The fraction of sp³-hybridized carbons (Fsp3) is 0.417. The summed E-state index contributed by atoms with van der Waals surface area (Å²) in [4.78, 5) is 11.7. The van der Waals surface area contributed by atoms with E-state index in [0.29, 0.717) is 6.29 Å². The number of hydrogen-bond acceptors (Lipinski definition) is 4. The molecule has 1 rings (SSSR count). The first-order valence-electron chi connectivity index (χ1n) is 5.32. The lowest BCUT2D eigenvalue weighted by Crippen LogP contribution is -2.33. The van der Waals surface area contributed by atoms with E-state index >= 15 is 0 Å². The highest BCUT2D eigenvalue weighted by Crippen LogP contribution is 2.23. The first-order valence-corrected chi connectivity index (χ1v) is 5.32. The molecular weight excluding hydrogens is 244 g/mol. The molecule has 0 bridgehead atoms. The molecule has 0 heterocycles. The van der Waals surface area contributed by atoms with Crippen molar-refractivity contribution in [1.29, 1.82) is 0 Å². The number of hydrogen-bond donors (Lipinski definition) is 1. The highest BCUT2D eigenvalue weighted by atomic mass is 19.1. The minimum atomic E-state index is -0.857. The second kappa shape index (κ2) is 6.42. The molecule has 0 fully saturated rings. The van der Waals surface area contributed by atoms with E-state index in [1.807, 2.05) is 0 Å². The average Bonchev–Trinajstić information content (AvgIpc) is 2.27. The SMILES string of the molecule is COCC(O)CN(C)c1c(F)cc(C=O)cc1F. The largest absolute Gasteiger partial charge is 0.389 e. The summed E-state index contributed by atoms with van der Waals surface area (Å²) in [5.41, 5.74) is -0.352. The van der Waals surface area contributed by atoms with Crippen molar-refractivity contribution in [3.63, 3.8) is 0 Å². The van der Waals surface area contributed by atoms with Gasteiger partial charge in [-0.2, -0.15) is 0 Å². The van der Waals surface area contributed by atoms with Gasteiger partial charge in [0.25, 0.3) is 0 Å². The molecule has 0 spiro atoms. The van der Waals surface area contributed by atoms with Crippen LogP contribution in [-0.2, 0) is 4.74 Å². The zero-order chi connectivity index (χ0) is 13.7. The average molecular weight is 259 g/mol. The van der Waals surface area contributed by atoms with Crippen LogP contribution >= 0.6 is 0 Å². The zero-order valence-corrected chi connectivity index (χ0v) is 10.2. The second-order valence-corrected chi connectivity index (χ2v) is 3.94. The molecule has 1 atom stereocenters. The highest BCUT2D eigenvalue weighted by molar-refractivity contribution is 5.76. The molecule has 18 heavy (non-hydrogen) atoms. The van der Waals surface area contributed by atoms with Gasteiger partial charge in [0.15, 0.2) is 0 Å². The molecule has 0 amide bonds. The Balaban J connectivity index is 2.91. The Morgan fingerprint density at radius 2 is 2.00 bits per heavy atom. The molecule has 1 N–H and O–H groups in total. The number of aliphatic hydroxyl groups excluding tert-OH is 1. The van der Waals surface area contributed by atoms with Gasteiger partial charge in [-0.15, -0.1) is 0 Å². The van der Waals surface area contributed by atoms with Gasteiger partial charge in [0.1, 0.15) is 23.6 Å². The molecule has 4 nitrogen and oxygen atoms in total. The van der Waals surface area contributed by atoms with Crippen LogP contribution in [0.15, 0.2) is 12.1 Å². The monoisotopic (exact) mass is 259 g/mol. The van der Waals surface area contributed by atoms with Gasteiger partial charge >= 0.3 is 0 Å². The van der Waals surface area contributed by atoms with E-state index in [1.54, 1.807) is 0 Å². The van der Waals surface area contributed by atoms with Crippen LogP contribution in [0.3, 0.4) is 0 Å². The molecule has 0 saturated heterocycles. The molecular formula is C12H15F2NO3. The van der Waals surface area contributed by atoms with Crippen molar-refractivity contribution in [2.45, 2.75) is 6.10 Å². The normalized spacial score (nSPS) is 12.3. The summed E-state index contributed by atoms with van der Waals surface area (Å²) in [6.45, 7) is 0.0854. The Morgan fingerprint density at radius 3 is 2.44 bits per heavy atom. The quantitative estimate of drug-likeness (QED) is 0.780. The number of rotatable bonds is 6. The minimum Gasteiger partial charge on any atom is -0.389 e. The Labute approximate surface area is 104 Å². The van der Waals surface area contributed by atoms with E-state index < -0.39 is 17.7 Å². The van der Waals surface area contributed by atoms with Gasteiger partial charge in [-0.25, -0.2) is 8.78 Å². The van der Waals surface area contributed by atoms with Gasteiger partial charge in [0.05, 0.1) is 12.7 Å². The van der Waals surface area contributed by atoms with Crippen molar-refractivity contribution in [2.75, 3.05) is 32.2 Å². The van der Waals surface area contributed by atoms with Crippen LogP contribution in [0.1, 0.15) is 10.4 Å². The summed E-state index contributed by atoms with van der Waals surface area (Å²) in [5.74, 6) is -1.69. The third-order valence-electron chi connectivity index (χ3n) is 2.40. The number of anilines is 1. The van der Waals surface area contributed by atoms with Crippen molar-refractivity contribution in [1.82, 2.24) is 0 Å². The van der Waals surface area contributed by atoms with E-state index in [0.717, 1.165) is 12.1 Å². The lowest BCUT2D eigenvalue weighted by atomic mass is 10.2. The van der Waals surface area contributed by atoms with E-state index in [1.165, 1.54) is 19.1 Å². The van der Waals surface area contributed by atoms with Gasteiger partial charge in [0.2, 0.25) is 0 Å². The number of benzene rings is 1. The number of nitrogens with zero attached hydrogens (tertiary/aromatic N) is 1. The Kier molecular flexibility index (Phi) is 5.18. The maximum absolute atomic E-state index is 13.6. The van der Waals surface area contributed by atoms with Gasteiger partial charge in [-0.3, -0.25) is 4.79 Å².